The molecule has 0 saturated heterocycles. The highest BCUT2D eigenvalue weighted by atomic mass is 32.2. The summed E-state index contributed by atoms with van der Waals surface area (Å²) >= 11 is 0. The van der Waals surface area contributed by atoms with Crippen LogP contribution in [0.2, 0.25) is 0 Å². The van der Waals surface area contributed by atoms with Gasteiger partial charge in [0, 0.05) is 0 Å². The molecular weight excluding hydrogens is 295 g/mol. The van der Waals surface area contributed by atoms with Crippen molar-refractivity contribution in [2.75, 3.05) is 10.0 Å². The van der Waals surface area contributed by atoms with Gasteiger partial charge < -0.3 is 5.32 Å². The lowest BCUT2D eigenvalue weighted by molar-refractivity contribution is -0.115. The zero-order valence-corrected chi connectivity index (χ0v) is 11.6. The van der Waals surface area contributed by atoms with Gasteiger partial charge in [-0.15, -0.1) is 0 Å². The Hall–Kier alpha value is -2.41. The Morgan fingerprint density at radius 3 is 2.52 bits per heavy atom. The monoisotopic (exact) mass is 306 g/mol. The largest absolute Gasteiger partial charge is 0.324 e. The molecule has 1 aliphatic heterocycles. The highest BCUT2D eigenvalue weighted by Gasteiger charge is 2.23. The number of halogens is 1. The van der Waals surface area contributed by atoms with E-state index < -0.39 is 15.8 Å². The normalized spacial score (nSPS) is 13.7. The van der Waals surface area contributed by atoms with Crippen LogP contribution < -0.4 is 10.0 Å². The number of amides is 1. The van der Waals surface area contributed by atoms with Crippen molar-refractivity contribution in [3.8, 4) is 0 Å². The maximum Gasteiger partial charge on any atom is 0.261 e. The summed E-state index contributed by atoms with van der Waals surface area (Å²) in [5, 5.41) is 2.62. The summed E-state index contributed by atoms with van der Waals surface area (Å²) in [5.74, 6) is -0.694. The summed E-state index contributed by atoms with van der Waals surface area (Å²) < 4.78 is 39.8. The van der Waals surface area contributed by atoms with Crippen LogP contribution in [0.5, 0.6) is 0 Å². The third-order valence-corrected chi connectivity index (χ3v) is 4.52. The number of fused-ring (bicyclic) bond motifs is 1. The Balaban J connectivity index is 1.96. The first-order valence-corrected chi connectivity index (χ1v) is 7.64. The summed E-state index contributed by atoms with van der Waals surface area (Å²) in [4.78, 5) is 11.3. The molecule has 0 aliphatic carbocycles. The number of anilines is 2. The van der Waals surface area contributed by atoms with E-state index in [0.717, 1.165) is 17.7 Å². The molecule has 21 heavy (non-hydrogen) atoms. The number of para-hydroxylation sites is 1. The third kappa shape index (κ3) is 2.59. The SMILES string of the molecule is O=C1Cc2cccc(NS(=O)(=O)c3ccc(F)cc3)c2N1. The van der Waals surface area contributed by atoms with Gasteiger partial charge in [-0.1, -0.05) is 12.1 Å². The van der Waals surface area contributed by atoms with Gasteiger partial charge in [0.1, 0.15) is 5.82 Å². The first kappa shape index (κ1) is 13.6. The zero-order valence-electron chi connectivity index (χ0n) is 10.8. The van der Waals surface area contributed by atoms with E-state index in [0.29, 0.717) is 11.4 Å². The minimum Gasteiger partial charge on any atom is -0.324 e. The molecule has 108 valence electrons. The average molecular weight is 306 g/mol. The van der Waals surface area contributed by atoms with Crippen LogP contribution in [-0.4, -0.2) is 14.3 Å². The molecule has 0 fully saturated rings. The van der Waals surface area contributed by atoms with Crippen molar-refractivity contribution >= 4 is 27.3 Å². The number of rotatable bonds is 3. The average Bonchev–Trinajstić information content (AvgIpc) is 2.80. The lowest BCUT2D eigenvalue weighted by Crippen LogP contribution is -2.14. The number of hydrogen-bond acceptors (Lipinski definition) is 3. The molecule has 2 aromatic carbocycles. The predicted molar refractivity (Wildman–Crippen MR) is 76.0 cm³/mol. The molecule has 0 bridgehead atoms. The molecule has 0 atom stereocenters. The second-order valence-electron chi connectivity index (χ2n) is 4.62. The maximum atomic E-state index is 12.9. The molecule has 2 N–H and O–H groups in total. The molecule has 1 heterocycles. The molecule has 1 amide bonds. The molecule has 7 heteroatoms. The summed E-state index contributed by atoms with van der Waals surface area (Å²) in [7, 11) is -3.84. The van der Waals surface area contributed by atoms with Crippen LogP contribution in [0.25, 0.3) is 0 Å². The maximum absolute atomic E-state index is 12.9. The second kappa shape index (κ2) is 4.85. The van der Waals surface area contributed by atoms with Gasteiger partial charge >= 0.3 is 0 Å². The van der Waals surface area contributed by atoms with Crippen molar-refractivity contribution in [3.05, 3.63) is 53.8 Å². The van der Waals surface area contributed by atoms with Gasteiger partial charge in [0.15, 0.2) is 0 Å². The fourth-order valence-electron chi connectivity index (χ4n) is 2.15. The standard InChI is InChI=1S/C14H11FN2O3S/c15-10-4-6-11(7-5-10)21(19,20)17-12-3-1-2-9-8-13(18)16-14(9)12/h1-7,17H,8H2,(H,16,18). The Kier molecular flexibility index (Phi) is 3.13. The Morgan fingerprint density at radius 2 is 1.81 bits per heavy atom. The topological polar surface area (TPSA) is 75.3 Å². The second-order valence-corrected chi connectivity index (χ2v) is 6.31. The number of sulfonamides is 1. The molecule has 0 spiro atoms. The summed E-state index contributed by atoms with van der Waals surface area (Å²) in [6.45, 7) is 0. The van der Waals surface area contributed by atoms with Crippen LogP contribution in [0.1, 0.15) is 5.56 Å². The smallest absolute Gasteiger partial charge is 0.261 e. The van der Waals surface area contributed by atoms with Gasteiger partial charge in [-0.25, -0.2) is 12.8 Å². The lowest BCUT2D eigenvalue weighted by atomic mass is 10.1. The van der Waals surface area contributed by atoms with Crippen molar-refractivity contribution in [3.63, 3.8) is 0 Å². The van der Waals surface area contributed by atoms with Gasteiger partial charge in [0.2, 0.25) is 5.91 Å². The van der Waals surface area contributed by atoms with E-state index in [1.165, 1.54) is 12.1 Å². The van der Waals surface area contributed by atoms with Crippen molar-refractivity contribution in [2.24, 2.45) is 0 Å². The molecule has 1 aliphatic rings. The minimum atomic E-state index is -3.84. The highest BCUT2D eigenvalue weighted by Crippen LogP contribution is 2.32. The zero-order chi connectivity index (χ0) is 15.0. The number of carbonyl (C=O) groups is 1. The van der Waals surface area contributed by atoms with Crippen LogP contribution in [0.4, 0.5) is 15.8 Å². The van der Waals surface area contributed by atoms with E-state index in [9.17, 15) is 17.6 Å². The molecule has 0 radical (unpaired) electrons. The van der Waals surface area contributed by atoms with E-state index >= 15 is 0 Å². The van der Waals surface area contributed by atoms with E-state index in [-0.39, 0.29) is 17.2 Å². The van der Waals surface area contributed by atoms with Gasteiger partial charge in [0.25, 0.3) is 10.0 Å². The van der Waals surface area contributed by atoms with Crippen LogP contribution in [0, 0.1) is 5.82 Å². The lowest BCUT2D eigenvalue weighted by Gasteiger charge is -2.11. The highest BCUT2D eigenvalue weighted by molar-refractivity contribution is 7.92. The molecule has 3 rings (SSSR count). The molecule has 5 nitrogen and oxygen atoms in total. The Bertz CT molecular complexity index is 817. The Labute approximate surface area is 120 Å². The number of benzene rings is 2. The van der Waals surface area contributed by atoms with Crippen LogP contribution in [0.3, 0.4) is 0 Å². The van der Waals surface area contributed by atoms with Gasteiger partial charge in [-0.3, -0.25) is 9.52 Å². The van der Waals surface area contributed by atoms with E-state index in [4.69, 9.17) is 0 Å². The molecule has 0 saturated carbocycles. The Morgan fingerprint density at radius 1 is 1.10 bits per heavy atom. The first-order valence-electron chi connectivity index (χ1n) is 6.16. The quantitative estimate of drug-likeness (QED) is 0.912. The molecule has 0 unspecified atom stereocenters. The number of carbonyl (C=O) groups excluding carboxylic acids is 1. The fraction of sp³-hybridized carbons (Fsp3) is 0.0714. The van der Waals surface area contributed by atoms with Crippen LogP contribution in [-0.2, 0) is 21.2 Å². The van der Waals surface area contributed by atoms with E-state index in [1.54, 1.807) is 18.2 Å². The summed E-state index contributed by atoms with van der Waals surface area (Å²) in [5.41, 5.74) is 1.50. The van der Waals surface area contributed by atoms with Crippen molar-refractivity contribution < 1.29 is 17.6 Å². The molecule has 0 aromatic heterocycles. The molecule has 2 aromatic rings. The fourth-order valence-corrected chi connectivity index (χ4v) is 3.23. The number of hydrogen-bond donors (Lipinski definition) is 2. The predicted octanol–water partition coefficient (Wildman–Crippen LogP) is 2.12. The van der Waals surface area contributed by atoms with E-state index in [1.807, 2.05) is 0 Å². The van der Waals surface area contributed by atoms with Gasteiger partial charge in [0.05, 0.1) is 22.7 Å². The number of nitrogens with one attached hydrogen (secondary N) is 2. The summed E-state index contributed by atoms with van der Waals surface area (Å²) in [6, 6.07) is 9.49. The van der Waals surface area contributed by atoms with E-state index in [2.05, 4.69) is 10.0 Å². The van der Waals surface area contributed by atoms with Crippen molar-refractivity contribution in [1.29, 1.82) is 0 Å². The van der Waals surface area contributed by atoms with Crippen LogP contribution >= 0.6 is 0 Å². The van der Waals surface area contributed by atoms with Gasteiger partial charge in [-0.2, -0.15) is 0 Å². The van der Waals surface area contributed by atoms with Gasteiger partial charge in [-0.05, 0) is 35.9 Å². The minimum absolute atomic E-state index is 0.0502. The van der Waals surface area contributed by atoms with Crippen LogP contribution in [0.15, 0.2) is 47.4 Å². The third-order valence-electron chi connectivity index (χ3n) is 3.13. The van der Waals surface area contributed by atoms with Crippen molar-refractivity contribution in [1.82, 2.24) is 0 Å². The summed E-state index contributed by atoms with van der Waals surface area (Å²) in [6.07, 6.45) is 0.224. The molecular formula is C14H11FN2O3S. The van der Waals surface area contributed by atoms with Crippen molar-refractivity contribution in [2.45, 2.75) is 11.3 Å². The first-order chi connectivity index (χ1) is 9.95.